The second kappa shape index (κ2) is 11.7. The minimum Gasteiger partial charge on any atom is -0.493 e. The van der Waals surface area contributed by atoms with Gasteiger partial charge in [-0.3, -0.25) is 4.79 Å². The van der Waals surface area contributed by atoms with Crippen molar-refractivity contribution in [2.75, 3.05) is 60.2 Å². The molecule has 28 heavy (non-hydrogen) atoms. The molecule has 2 aliphatic heterocycles. The maximum Gasteiger partial charge on any atom is 0.254 e. The average Bonchev–Trinajstić information content (AvgIpc) is 2.91. The number of methoxy groups -OCH3 is 1. The molecule has 1 amide bonds. The van der Waals surface area contributed by atoms with E-state index in [0.717, 1.165) is 26.1 Å². The van der Waals surface area contributed by atoms with Gasteiger partial charge in [-0.1, -0.05) is 0 Å². The monoisotopic (exact) mass is 435 g/mol. The molecule has 9 heteroatoms. The fraction of sp³-hybridized carbons (Fsp3) is 0.632. The lowest BCUT2D eigenvalue weighted by Crippen LogP contribution is -2.45. The van der Waals surface area contributed by atoms with Crippen LogP contribution in [0.2, 0.25) is 0 Å². The van der Waals surface area contributed by atoms with E-state index in [4.69, 9.17) is 19.9 Å². The van der Waals surface area contributed by atoms with Gasteiger partial charge in [0, 0.05) is 31.1 Å². The number of amides is 1. The number of benzene rings is 1. The van der Waals surface area contributed by atoms with Crippen LogP contribution in [0.15, 0.2) is 18.2 Å². The molecule has 0 aromatic heterocycles. The number of carbonyl (C=O) groups excluding carboxylic acids is 1. The van der Waals surface area contributed by atoms with Crippen LogP contribution in [0.5, 0.6) is 11.5 Å². The van der Waals surface area contributed by atoms with Gasteiger partial charge in [-0.15, -0.1) is 24.8 Å². The summed E-state index contributed by atoms with van der Waals surface area (Å²) in [5, 5.41) is 0. The second-order valence-corrected chi connectivity index (χ2v) is 7.09. The third kappa shape index (κ3) is 5.87. The van der Waals surface area contributed by atoms with Gasteiger partial charge in [-0.05, 0) is 38.2 Å². The van der Waals surface area contributed by atoms with Gasteiger partial charge in [0.2, 0.25) is 0 Å². The zero-order chi connectivity index (χ0) is 18.5. The van der Waals surface area contributed by atoms with E-state index >= 15 is 0 Å². The highest BCUT2D eigenvalue weighted by Gasteiger charge is 2.35. The summed E-state index contributed by atoms with van der Waals surface area (Å²) in [6.07, 6.45) is 0.751. The maximum absolute atomic E-state index is 13.2. The molecule has 2 N–H and O–H groups in total. The Morgan fingerprint density at radius 2 is 2.00 bits per heavy atom. The van der Waals surface area contributed by atoms with Crippen molar-refractivity contribution in [3.63, 3.8) is 0 Å². The molecular formula is C19H31Cl2N3O4. The van der Waals surface area contributed by atoms with E-state index in [1.165, 1.54) is 0 Å². The number of carbonyl (C=O) groups is 1. The van der Waals surface area contributed by atoms with Crippen molar-refractivity contribution in [3.8, 4) is 11.5 Å². The summed E-state index contributed by atoms with van der Waals surface area (Å²) in [6.45, 7) is 4.87. The van der Waals surface area contributed by atoms with Crippen LogP contribution in [0.25, 0.3) is 0 Å². The van der Waals surface area contributed by atoms with Crippen LogP contribution in [-0.2, 0) is 4.74 Å². The zero-order valence-electron chi connectivity index (χ0n) is 16.5. The van der Waals surface area contributed by atoms with Crippen molar-refractivity contribution >= 4 is 30.7 Å². The molecule has 0 spiro atoms. The molecule has 2 heterocycles. The molecule has 0 aliphatic carbocycles. The lowest BCUT2D eigenvalue weighted by atomic mass is 10.1. The predicted molar refractivity (Wildman–Crippen MR) is 113 cm³/mol. The number of likely N-dealkylation sites (N-methyl/N-ethyl adjacent to an activating group) is 1. The van der Waals surface area contributed by atoms with Crippen LogP contribution in [0.1, 0.15) is 16.8 Å². The summed E-state index contributed by atoms with van der Waals surface area (Å²) in [5.41, 5.74) is 6.14. The Labute approximate surface area is 179 Å². The van der Waals surface area contributed by atoms with Crippen molar-refractivity contribution in [2.45, 2.75) is 12.5 Å². The van der Waals surface area contributed by atoms with Crippen molar-refractivity contribution in [3.05, 3.63) is 23.8 Å². The molecule has 0 unspecified atom stereocenters. The summed E-state index contributed by atoms with van der Waals surface area (Å²) < 4.78 is 16.9. The highest BCUT2D eigenvalue weighted by Crippen LogP contribution is 2.30. The highest BCUT2D eigenvalue weighted by atomic mass is 35.5. The smallest absolute Gasteiger partial charge is 0.254 e. The average molecular weight is 436 g/mol. The molecule has 2 saturated heterocycles. The normalized spacial score (nSPS) is 21.8. The number of hydrogen-bond donors (Lipinski definition) is 1. The van der Waals surface area contributed by atoms with Gasteiger partial charge >= 0.3 is 0 Å². The number of nitrogens with zero attached hydrogens (tertiary/aromatic N) is 2. The van der Waals surface area contributed by atoms with E-state index in [1.807, 2.05) is 4.90 Å². The largest absolute Gasteiger partial charge is 0.493 e. The lowest BCUT2D eigenvalue weighted by molar-refractivity contribution is 0.0483. The molecule has 3 rings (SSSR count). The van der Waals surface area contributed by atoms with Gasteiger partial charge in [0.25, 0.3) is 5.91 Å². The van der Waals surface area contributed by atoms with Crippen LogP contribution in [0.3, 0.4) is 0 Å². The molecule has 2 aliphatic rings. The van der Waals surface area contributed by atoms with Gasteiger partial charge in [-0.2, -0.15) is 0 Å². The van der Waals surface area contributed by atoms with Crippen LogP contribution < -0.4 is 15.2 Å². The SMILES string of the molecule is COc1ccc(C(=O)N2C[C@H]3COC[C@@H]2CN(C)C3)cc1OCCCN.Cl.Cl. The molecule has 0 radical (unpaired) electrons. The number of halogens is 2. The van der Waals surface area contributed by atoms with E-state index in [9.17, 15) is 4.79 Å². The summed E-state index contributed by atoms with van der Waals surface area (Å²) >= 11 is 0. The summed E-state index contributed by atoms with van der Waals surface area (Å²) in [7, 11) is 3.70. The maximum atomic E-state index is 13.2. The predicted octanol–water partition coefficient (Wildman–Crippen LogP) is 1.67. The third-order valence-corrected chi connectivity index (χ3v) is 4.93. The Kier molecular flexibility index (Phi) is 10.3. The van der Waals surface area contributed by atoms with E-state index in [0.29, 0.717) is 49.3 Å². The van der Waals surface area contributed by atoms with Crippen LogP contribution in [-0.4, -0.2) is 81.9 Å². The van der Waals surface area contributed by atoms with Crippen molar-refractivity contribution in [2.24, 2.45) is 11.7 Å². The topological polar surface area (TPSA) is 77.3 Å². The van der Waals surface area contributed by atoms with Crippen LogP contribution in [0, 0.1) is 5.92 Å². The Hall–Kier alpha value is -1.25. The number of hydrogen-bond acceptors (Lipinski definition) is 6. The summed E-state index contributed by atoms with van der Waals surface area (Å²) in [6, 6.07) is 5.44. The molecule has 2 atom stereocenters. The summed E-state index contributed by atoms with van der Waals surface area (Å²) in [4.78, 5) is 17.5. The fourth-order valence-electron chi connectivity index (χ4n) is 3.68. The Bertz CT molecular complexity index is 635. The van der Waals surface area contributed by atoms with E-state index in [2.05, 4.69) is 11.9 Å². The van der Waals surface area contributed by atoms with E-state index < -0.39 is 0 Å². The summed E-state index contributed by atoms with van der Waals surface area (Å²) in [5.74, 6) is 1.57. The Morgan fingerprint density at radius 3 is 2.71 bits per heavy atom. The molecule has 1 aromatic carbocycles. The molecule has 0 saturated carbocycles. The first-order valence-corrected chi connectivity index (χ1v) is 9.20. The van der Waals surface area contributed by atoms with E-state index in [-0.39, 0.29) is 36.8 Å². The number of nitrogens with two attached hydrogens (primary N) is 1. The highest BCUT2D eigenvalue weighted by molar-refractivity contribution is 5.95. The Morgan fingerprint density at radius 1 is 1.21 bits per heavy atom. The van der Waals surface area contributed by atoms with Gasteiger partial charge in [0.05, 0.1) is 33.0 Å². The van der Waals surface area contributed by atoms with Crippen molar-refractivity contribution in [1.29, 1.82) is 0 Å². The van der Waals surface area contributed by atoms with Crippen LogP contribution >= 0.6 is 24.8 Å². The first kappa shape index (κ1) is 24.8. The zero-order valence-corrected chi connectivity index (χ0v) is 18.1. The standard InChI is InChI=1S/C19H29N3O4.2ClH/c1-21-9-14-10-22(16(11-21)13-25-12-14)19(23)15-4-5-17(24-2)18(8-15)26-7-3-6-20;;/h4-5,8,14,16H,3,6-7,9-13,20H2,1-2H3;2*1H/t14-,16-;;/m0../s1. The number of fused-ring (bicyclic) bond motifs is 3. The second-order valence-electron chi connectivity index (χ2n) is 7.09. The van der Waals surface area contributed by atoms with E-state index in [1.54, 1.807) is 25.3 Å². The fourth-order valence-corrected chi connectivity index (χ4v) is 3.68. The van der Waals surface area contributed by atoms with Gasteiger partial charge in [-0.25, -0.2) is 0 Å². The molecule has 160 valence electrons. The number of rotatable bonds is 6. The minimum atomic E-state index is 0. The molecule has 1 aromatic rings. The third-order valence-electron chi connectivity index (χ3n) is 4.93. The van der Waals surface area contributed by atoms with Gasteiger partial charge in [0.15, 0.2) is 11.5 Å². The number of ether oxygens (including phenoxy) is 3. The molecular weight excluding hydrogens is 405 g/mol. The van der Waals surface area contributed by atoms with Crippen LogP contribution in [0.4, 0.5) is 0 Å². The first-order valence-electron chi connectivity index (χ1n) is 9.20. The Balaban J connectivity index is 0.00000196. The lowest BCUT2D eigenvalue weighted by Gasteiger charge is -2.30. The first-order chi connectivity index (χ1) is 12.6. The molecule has 2 fully saturated rings. The molecule has 2 bridgehead atoms. The van der Waals surface area contributed by atoms with Crippen molar-refractivity contribution < 1.29 is 19.0 Å². The minimum absolute atomic E-state index is 0. The van der Waals surface area contributed by atoms with Gasteiger partial charge in [0.1, 0.15) is 0 Å². The molecule has 7 nitrogen and oxygen atoms in total. The quantitative estimate of drug-likeness (QED) is 0.684. The van der Waals surface area contributed by atoms with Crippen molar-refractivity contribution in [1.82, 2.24) is 9.80 Å². The van der Waals surface area contributed by atoms with Gasteiger partial charge < -0.3 is 29.7 Å².